The lowest BCUT2D eigenvalue weighted by Gasteiger charge is -2.17. The number of benzene rings is 2. The summed E-state index contributed by atoms with van der Waals surface area (Å²) in [5.41, 5.74) is 4.53. The number of aromatic nitrogens is 1. The van der Waals surface area contributed by atoms with Crippen molar-refractivity contribution in [2.45, 2.75) is 26.8 Å². The molecule has 0 saturated heterocycles. The van der Waals surface area contributed by atoms with Gasteiger partial charge in [0, 0.05) is 11.8 Å². The number of nitrogens with one attached hydrogen (secondary N) is 3. The van der Waals surface area contributed by atoms with Crippen LogP contribution in [0.25, 0.3) is 10.9 Å². The number of aromatic amines is 1. The average molecular weight is 391 g/mol. The van der Waals surface area contributed by atoms with Crippen LogP contribution < -0.4 is 20.1 Å². The number of likely N-dealkylation sites (N-methyl/N-ethyl adjacent to an activating group) is 1. The number of hydrogen-bond acceptors (Lipinski definition) is 2. The van der Waals surface area contributed by atoms with E-state index in [1.54, 1.807) is 0 Å². The summed E-state index contributed by atoms with van der Waals surface area (Å²) in [6, 6.07) is 18.8. The Morgan fingerprint density at radius 3 is 2.55 bits per heavy atom. The van der Waals surface area contributed by atoms with Gasteiger partial charge in [-0.1, -0.05) is 42.5 Å². The molecular weight excluding hydrogens is 360 g/mol. The normalized spacial score (nSPS) is 13.1. The maximum Gasteiger partial charge on any atom is 0.280 e. The second kappa shape index (κ2) is 8.62. The highest BCUT2D eigenvalue weighted by atomic mass is 16.2. The summed E-state index contributed by atoms with van der Waals surface area (Å²) >= 11 is 0. The van der Waals surface area contributed by atoms with Crippen LogP contribution >= 0.6 is 0 Å². The summed E-state index contributed by atoms with van der Waals surface area (Å²) in [5.74, 6) is 1.21. The second-order valence-corrected chi connectivity index (χ2v) is 7.71. The Morgan fingerprint density at radius 1 is 1.07 bits per heavy atom. The number of H-pyrrole nitrogens is 1. The number of hydrogen-bond donors (Lipinski definition) is 2. The molecule has 0 radical (unpaired) electrons. The van der Waals surface area contributed by atoms with Crippen molar-refractivity contribution in [2.24, 2.45) is 0 Å². The van der Waals surface area contributed by atoms with Crippen LogP contribution in [0.3, 0.4) is 0 Å². The molecule has 0 spiro atoms. The third-order valence-electron chi connectivity index (χ3n) is 5.88. The van der Waals surface area contributed by atoms with Crippen molar-refractivity contribution >= 4 is 28.3 Å². The van der Waals surface area contributed by atoms with Gasteiger partial charge in [0.05, 0.1) is 30.9 Å². The minimum Gasteiger partial charge on any atom is -0.328 e. The third-order valence-corrected chi connectivity index (χ3v) is 5.88. The Balaban J connectivity index is 1.68. The SMILES string of the molecule is CC[NH+](CC)CC(=O)Nc1c2c([nH+]c3ccccc13)N(Cc1ccccc1)CC2. The quantitative estimate of drug-likeness (QED) is 0.649. The first kappa shape index (κ1) is 19.4. The van der Waals surface area contributed by atoms with Crippen LogP contribution in [0.5, 0.6) is 0 Å². The Kier molecular flexibility index (Phi) is 5.76. The van der Waals surface area contributed by atoms with E-state index in [-0.39, 0.29) is 5.91 Å². The van der Waals surface area contributed by atoms with Crippen molar-refractivity contribution in [3.8, 4) is 0 Å². The van der Waals surface area contributed by atoms with Crippen molar-refractivity contribution in [1.82, 2.24) is 0 Å². The molecule has 5 nitrogen and oxygen atoms in total. The number of carbonyl (C=O) groups excluding carboxylic acids is 1. The Bertz CT molecular complexity index is 998. The molecule has 5 heteroatoms. The average Bonchev–Trinajstić information content (AvgIpc) is 3.15. The van der Waals surface area contributed by atoms with Crippen LogP contribution in [0.2, 0.25) is 0 Å². The smallest absolute Gasteiger partial charge is 0.280 e. The van der Waals surface area contributed by atoms with Gasteiger partial charge in [-0.2, -0.15) is 0 Å². The molecule has 0 fully saturated rings. The number of carbonyl (C=O) groups is 1. The molecule has 1 aliphatic rings. The minimum atomic E-state index is 0.0868. The molecule has 3 aromatic rings. The van der Waals surface area contributed by atoms with E-state index in [0.29, 0.717) is 6.54 Å². The van der Waals surface area contributed by atoms with E-state index in [1.165, 1.54) is 16.0 Å². The lowest BCUT2D eigenvalue weighted by atomic mass is 10.1. The van der Waals surface area contributed by atoms with Gasteiger partial charge in [0.1, 0.15) is 12.1 Å². The van der Waals surface area contributed by atoms with Crippen LogP contribution in [-0.2, 0) is 17.8 Å². The van der Waals surface area contributed by atoms with E-state index in [4.69, 9.17) is 0 Å². The molecular formula is C24H30N4O+2. The lowest BCUT2D eigenvalue weighted by molar-refractivity contribution is -0.888. The van der Waals surface area contributed by atoms with E-state index in [9.17, 15) is 4.79 Å². The molecule has 1 aromatic heterocycles. The number of quaternary nitrogens is 1. The predicted molar refractivity (Wildman–Crippen MR) is 117 cm³/mol. The number of para-hydroxylation sites is 1. The largest absolute Gasteiger partial charge is 0.328 e. The fourth-order valence-corrected chi connectivity index (χ4v) is 4.18. The zero-order chi connectivity index (χ0) is 20.2. The molecule has 4 rings (SSSR count). The Labute approximate surface area is 172 Å². The standard InChI is InChI=1S/C24H28N4O/c1-3-27(4-2)17-22(29)26-23-19-12-8-9-13-21(19)25-24-20(23)14-15-28(24)16-18-10-6-5-7-11-18/h5-13H,3-4,14-17H2,1-2H3,(H,25,26,29)/p+2. The van der Waals surface area contributed by atoms with E-state index in [0.717, 1.165) is 55.0 Å². The molecule has 2 heterocycles. The molecule has 0 bridgehead atoms. The molecule has 1 aliphatic heterocycles. The summed E-state index contributed by atoms with van der Waals surface area (Å²) in [6.45, 7) is 8.46. The van der Waals surface area contributed by atoms with Crippen molar-refractivity contribution in [3.05, 3.63) is 65.7 Å². The van der Waals surface area contributed by atoms with Crippen molar-refractivity contribution in [1.29, 1.82) is 0 Å². The molecule has 150 valence electrons. The van der Waals surface area contributed by atoms with Gasteiger partial charge in [0.25, 0.3) is 11.7 Å². The van der Waals surface area contributed by atoms with Crippen LogP contribution in [0.15, 0.2) is 54.6 Å². The monoisotopic (exact) mass is 390 g/mol. The third kappa shape index (κ3) is 4.10. The highest BCUT2D eigenvalue weighted by molar-refractivity contribution is 6.03. The second-order valence-electron chi connectivity index (χ2n) is 7.71. The van der Waals surface area contributed by atoms with Gasteiger partial charge in [-0.05, 0) is 31.5 Å². The summed E-state index contributed by atoms with van der Waals surface area (Å²) in [4.78, 5) is 20.1. The van der Waals surface area contributed by atoms with Crippen LogP contribution in [0.1, 0.15) is 25.0 Å². The maximum atomic E-state index is 12.8. The first-order valence-corrected chi connectivity index (χ1v) is 10.6. The van der Waals surface area contributed by atoms with E-state index < -0.39 is 0 Å². The van der Waals surface area contributed by atoms with Gasteiger partial charge in [0.2, 0.25) is 0 Å². The van der Waals surface area contributed by atoms with Crippen molar-refractivity contribution < 1.29 is 14.7 Å². The zero-order valence-corrected chi connectivity index (χ0v) is 17.3. The number of anilines is 2. The van der Waals surface area contributed by atoms with E-state index >= 15 is 0 Å². The molecule has 0 aliphatic carbocycles. The first-order chi connectivity index (χ1) is 14.2. The molecule has 0 unspecified atom stereocenters. The van der Waals surface area contributed by atoms with Gasteiger partial charge in [-0.15, -0.1) is 0 Å². The highest BCUT2D eigenvalue weighted by Crippen LogP contribution is 2.35. The molecule has 2 aromatic carbocycles. The molecule has 1 amide bonds. The van der Waals surface area contributed by atoms with E-state index in [2.05, 4.69) is 65.4 Å². The van der Waals surface area contributed by atoms with Gasteiger partial charge < -0.3 is 10.2 Å². The highest BCUT2D eigenvalue weighted by Gasteiger charge is 2.32. The minimum absolute atomic E-state index is 0.0868. The fraction of sp³-hybridized carbons (Fsp3) is 0.333. The summed E-state index contributed by atoms with van der Waals surface area (Å²) < 4.78 is 0. The molecule has 0 atom stereocenters. The van der Waals surface area contributed by atoms with Crippen molar-refractivity contribution in [3.63, 3.8) is 0 Å². The summed E-state index contributed by atoms with van der Waals surface area (Å²) in [7, 11) is 0. The van der Waals surface area contributed by atoms with Crippen LogP contribution in [0, 0.1) is 0 Å². The fourth-order valence-electron chi connectivity index (χ4n) is 4.18. The van der Waals surface area contributed by atoms with Crippen LogP contribution in [0.4, 0.5) is 11.5 Å². The topological polar surface area (TPSA) is 50.9 Å². The van der Waals surface area contributed by atoms with E-state index in [1.807, 2.05) is 18.2 Å². The van der Waals surface area contributed by atoms with Crippen LogP contribution in [-0.4, -0.2) is 32.1 Å². The summed E-state index contributed by atoms with van der Waals surface area (Å²) in [5, 5.41) is 4.34. The van der Waals surface area contributed by atoms with Gasteiger partial charge >= 0.3 is 0 Å². The maximum absolute atomic E-state index is 12.8. The number of nitrogens with zero attached hydrogens (tertiary/aromatic N) is 1. The van der Waals surface area contributed by atoms with Gasteiger partial charge in [-0.3, -0.25) is 9.69 Å². The molecule has 0 saturated carbocycles. The Hall–Kier alpha value is -2.92. The number of rotatable bonds is 7. The zero-order valence-electron chi connectivity index (χ0n) is 17.3. The number of fused-ring (bicyclic) bond motifs is 2. The number of amides is 1. The predicted octanol–water partition coefficient (Wildman–Crippen LogP) is 2.08. The van der Waals surface area contributed by atoms with Crippen molar-refractivity contribution in [2.75, 3.05) is 36.4 Å². The van der Waals surface area contributed by atoms with Gasteiger partial charge in [-0.25, -0.2) is 4.98 Å². The lowest BCUT2D eigenvalue weighted by Crippen LogP contribution is -3.12. The molecule has 29 heavy (non-hydrogen) atoms. The summed E-state index contributed by atoms with van der Waals surface area (Å²) in [6.07, 6.45) is 0.928. The van der Waals surface area contributed by atoms with Gasteiger partial charge in [0.15, 0.2) is 6.54 Å². The number of pyridine rings is 1. The Morgan fingerprint density at radius 2 is 1.79 bits per heavy atom. The molecule has 3 N–H and O–H groups in total. The first-order valence-electron chi connectivity index (χ1n) is 10.6.